The zero-order valence-electron chi connectivity index (χ0n) is 13.6. The van der Waals surface area contributed by atoms with Crippen LogP contribution in [0.2, 0.25) is 0 Å². The van der Waals surface area contributed by atoms with Crippen molar-refractivity contribution in [2.45, 2.75) is 6.54 Å². The zero-order valence-corrected chi connectivity index (χ0v) is 13.6. The second-order valence-electron chi connectivity index (χ2n) is 5.71. The quantitative estimate of drug-likeness (QED) is 0.790. The highest BCUT2D eigenvalue weighted by molar-refractivity contribution is 5.90. The molecule has 2 aromatic rings. The average Bonchev–Trinajstić information content (AvgIpc) is 3.14. The molecule has 25 heavy (non-hydrogen) atoms. The van der Waals surface area contributed by atoms with Crippen molar-refractivity contribution in [3.63, 3.8) is 0 Å². The lowest BCUT2D eigenvalue weighted by atomic mass is 9.82. The number of benzene rings is 1. The van der Waals surface area contributed by atoms with Gasteiger partial charge in [-0.05, 0) is 16.7 Å². The lowest BCUT2D eigenvalue weighted by Crippen LogP contribution is -2.24. The van der Waals surface area contributed by atoms with E-state index in [4.69, 9.17) is 10.7 Å². The molecule has 0 fully saturated rings. The maximum Gasteiger partial charge on any atom is 0.332 e. The predicted octanol–water partition coefficient (Wildman–Crippen LogP) is 2.42. The lowest BCUT2D eigenvalue weighted by molar-refractivity contribution is -0.133. The molecule has 1 aromatic heterocycles. The van der Waals surface area contributed by atoms with E-state index >= 15 is 0 Å². The number of carboxylic acid groups (broad SMARTS) is 1. The number of imidazole rings is 1. The summed E-state index contributed by atoms with van der Waals surface area (Å²) in [6.07, 6.45) is 10.6. The maximum atomic E-state index is 11.6. The number of rotatable bonds is 6. The molecule has 0 amide bonds. The molecule has 0 bridgehead atoms. The van der Waals surface area contributed by atoms with Gasteiger partial charge in [-0.3, -0.25) is 0 Å². The van der Waals surface area contributed by atoms with E-state index in [0.29, 0.717) is 6.54 Å². The van der Waals surface area contributed by atoms with Crippen LogP contribution in [0.15, 0.2) is 78.4 Å². The van der Waals surface area contributed by atoms with Crippen LogP contribution in [0.4, 0.5) is 0 Å². The van der Waals surface area contributed by atoms with E-state index in [1.54, 1.807) is 24.7 Å². The average molecular weight is 337 g/mol. The van der Waals surface area contributed by atoms with Crippen LogP contribution in [0.3, 0.4) is 0 Å². The topological polar surface area (TPSA) is 90.4 Å². The Balaban J connectivity index is 2.12. The minimum atomic E-state index is -0.973. The number of hydrogen-bond acceptors (Lipinski definition) is 4. The molecule has 6 heteroatoms. The van der Waals surface area contributed by atoms with Crippen molar-refractivity contribution in [3.05, 3.63) is 84.0 Å². The van der Waals surface area contributed by atoms with Crippen molar-refractivity contribution in [1.82, 2.24) is 9.55 Å². The van der Waals surface area contributed by atoms with E-state index in [1.165, 1.54) is 0 Å². The van der Waals surface area contributed by atoms with Gasteiger partial charge < -0.3 is 14.5 Å². The fourth-order valence-corrected chi connectivity index (χ4v) is 3.01. The second kappa shape index (κ2) is 7.74. The Bertz CT molecular complexity index is 821. The highest BCUT2D eigenvalue weighted by Crippen LogP contribution is 2.33. The monoisotopic (exact) mass is 337 g/mol. The molecule has 128 valence electrons. The molecule has 3 N–H and O–H groups in total. The smallest absolute Gasteiger partial charge is 0.332 e. The maximum absolute atomic E-state index is 11.6. The van der Waals surface area contributed by atoms with Crippen LogP contribution < -0.4 is 5.90 Å². The van der Waals surface area contributed by atoms with Gasteiger partial charge in [0.25, 0.3) is 0 Å². The molecule has 1 unspecified atom stereocenters. The van der Waals surface area contributed by atoms with Gasteiger partial charge in [-0.1, -0.05) is 48.6 Å². The van der Waals surface area contributed by atoms with E-state index in [9.17, 15) is 9.90 Å². The van der Waals surface area contributed by atoms with Crippen molar-refractivity contribution in [2.75, 3.05) is 6.61 Å². The lowest BCUT2D eigenvalue weighted by Gasteiger charge is -2.25. The molecule has 0 aliphatic heterocycles. The summed E-state index contributed by atoms with van der Waals surface area (Å²) in [7, 11) is 0. The second-order valence-corrected chi connectivity index (χ2v) is 5.71. The SMILES string of the molecule is NOCC1C(C(=O)O)=CC=CC1=C(Cn1ccnc1)c1ccccc1. The molecule has 6 nitrogen and oxygen atoms in total. The first-order chi connectivity index (χ1) is 12.2. The molecule has 0 spiro atoms. The van der Waals surface area contributed by atoms with Crippen LogP contribution in [0.25, 0.3) is 5.57 Å². The van der Waals surface area contributed by atoms with Gasteiger partial charge in [-0.2, -0.15) is 0 Å². The van der Waals surface area contributed by atoms with Gasteiger partial charge in [-0.25, -0.2) is 15.7 Å². The number of aliphatic carboxylic acids is 1. The normalized spacial score (nSPS) is 18.8. The van der Waals surface area contributed by atoms with Gasteiger partial charge in [0.15, 0.2) is 0 Å². The van der Waals surface area contributed by atoms with Crippen molar-refractivity contribution < 1.29 is 14.7 Å². The van der Waals surface area contributed by atoms with Crippen LogP contribution in [0, 0.1) is 5.92 Å². The molecule has 1 aromatic carbocycles. The van der Waals surface area contributed by atoms with Crippen molar-refractivity contribution in [3.8, 4) is 0 Å². The first-order valence-corrected chi connectivity index (χ1v) is 7.88. The van der Waals surface area contributed by atoms with Crippen LogP contribution in [-0.2, 0) is 16.2 Å². The minimum absolute atomic E-state index is 0.0953. The summed E-state index contributed by atoms with van der Waals surface area (Å²) in [4.78, 5) is 20.5. The third kappa shape index (κ3) is 3.76. The van der Waals surface area contributed by atoms with Gasteiger partial charge in [0, 0.05) is 30.4 Å². The van der Waals surface area contributed by atoms with Crippen LogP contribution in [0.5, 0.6) is 0 Å². The third-order valence-corrected chi connectivity index (χ3v) is 4.18. The number of allylic oxidation sites excluding steroid dienone is 4. The molecule has 3 rings (SSSR count). The molecule has 1 aliphatic rings. The van der Waals surface area contributed by atoms with E-state index in [1.807, 2.05) is 47.2 Å². The number of carbonyl (C=O) groups is 1. The number of carboxylic acids is 1. The zero-order chi connectivity index (χ0) is 17.6. The standard InChI is InChI=1S/C19H19N3O3/c20-25-12-18-15(7-4-8-16(18)19(23)24)17(11-22-10-9-21-13-22)14-5-2-1-3-6-14/h1-10,13,18H,11-12,20H2,(H,23,24). The van der Waals surface area contributed by atoms with E-state index in [0.717, 1.165) is 16.7 Å². The Hall–Kier alpha value is -2.96. The fraction of sp³-hybridized carbons (Fsp3) is 0.158. The Morgan fingerprint density at radius 1 is 1.32 bits per heavy atom. The van der Waals surface area contributed by atoms with Gasteiger partial charge >= 0.3 is 5.97 Å². The summed E-state index contributed by atoms with van der Waals surface area (Å²) in [6.45, 7) is 0.662. The van der Waals surface area contributed by atoms with Gasteiger partial charge in [0.05, 0.1) is 12.9 Å². The van der Waals surface area contributed by atoms with Gasteiger partial charge in [-0.15, -0.1) is 0 Å². The Morgan fingerprint density at radius 2 is 2.12 bits per heavy atom. The highest BCUT2D eigenvalue weighted by Gasteiger charge is 2.28. The van der Waals surface area contributed by atoms with Crippen LogP contribution in [-0.4, -0.2) is 27.2 Å². The summed E-state index contributed by atoms with van der Waals surface area (Å²) >= 11 is 0. The molecule has 1 aliphatic carbocycles. The van der Waals surface area contributed by atoms with E-state index < -0.39 is 11.9 Å². The minimum Gasteiger partial charge on any atom is -0.478 e. The van der Waals surface area contributed by atoms with E-state index in [-0.39, 0.29) is 12.2 Å². The molecule has 1 atom stereocenters. The number of nitrogens with zero attached hydrogens (tertiary/aromatic N) is 2. The number of nitrogens with two attached hydrogens (primary N) is 1. The first-order valence-electron chi connectivity index (χ1n) is 7.88. The summed E-state index contributed by atoms with van der Waals surface area (Å²) in [5.74, 6) is 3.86. The summed E-state index contributed by atoms with van der Waals surface area (Å²) in [5, 5.41) is 9.53. The van der Waals surface area contributed by atoms with Gasteiger partial charge in [0.2, 0.25) is 0 Å². The van der Waals surface area contributed by atoms with Crippen molar-refractivity contribution in [1.29, 1.82) is 0 Å². The third-order valence-electron chi connectivity index (χ3n) is 4.18. The Morgan fingerprint density at radius 3 is 2.76 bits per heavy atom. The summed E-state index contributed by atoms with van der Waals surface area (Å²) in [6, 6.07) is 9.87. The highest BCUT2D eigenvalue weighted by atomic mass is 16.6. The molecular formula is C19H19N3O3. The van der Waals surface area contributed by atoms with Crippen molar-refractivity contribution >= 4 is 11.5 Å². The Labute approximate surface area is 145 Å². The van der Waals surface area contributed by atoms with Crippen LogP contribution in [0.1, 0.15) is 5.56 Å². The molecule has 0 saturated heterocycles. The molecule has 1 heterocycles. The summed E-state index contributed by atoms with van der Waals surface area (Å²) in [5.41, 5.74) is 3.17. The number of aromatic nitrogens is 2. The Kier molecular flexibility index (Phi) is 5.23. The molecule has 0 radical (unpaired) electrons. The van der Waals surface area contributed by atoms with Crippen LogP contribution >= 0.6 is 0 Å². The first kappa shape index (κ1) is 16.9. The van der Waals surface area contributed by atoms with Crippen molar-refractivity contribution in [2.24, 2.45) is 11.8 Å². The summed E-state index contributed by atoms with van der Waals surface area (Å²) < 4.78 is 1.95. The fourth-order valence-electron chi connectivity index (χ4n) is 3.01. The number of hydrogen-bond donors (Lipinski definition) is 2. The predicted molar refractivity (Wildman–Crippen MR) is 94.1 cm³/mol. The van der Waals surface area contributed by atoms with E-state index in [2.05, 4.69) is 4.98 Å². The largest absolute Gasteiger partial charge is 0.478 e. The molecular weight excluding hydrogens is 318 g/mol. The van der Waals surface area contributed by atoms with Gasteiger partial charge in [0.1, 0.15) is 0 Å². The molecule has 0 saturated carbocycles.